The van der Waals surface area contributed by atoms with Gasteiger partial charge in [0.2, 0.25) is 0 Å². The molecule has 0 aliphatic carbocycles. The van der Waals surface area contributed by atoms with Gasteiger partial charge in [0.05, 0.1) is 5.52 Å². The van der Waals surface area contributed by atoms with Crippen molar-refractivity contribution in [3.63, 3.8) is 0 Å². The lowest BCUT2D eigenvalue weighted by Crippen LogP contribution is -2.56. The summed E-state index contributed by atoms with van der Waals surface area (Å²) in [6.07, 6.45) is 9.10. The molecule has 3 aliphatic rings. The minimum absolute atomic E-state index is 0.0447. The third-order valence-electron chi connectivity index (χ3n) is 7.41. The van der Waals surface area contributed by atoms with Crippen molar-refractivity contribution in [2.45, 2.75) is 76.1 Å². The van der Waals surface area contributed by atoms with Gasteiger partial charge in [-0.05, 0) is 51.2 Å². The summed E-state index contributed by atoms with van der Waals surface area (Å²) in [6.45, 7) is 2.85. The van der Waals surface area contributed by atoms with E-state index in [0.29, 0.717) is 24.5 Å². The van der Waals surface area contributed by atoms with Crippen molar-refractivity contribution in [1.82, 2.24) is 25.1 Å². The van der Waals surface area contributed by atoms with Gasteiger partial charge in [-0.1, -0.05) is 6.42 Å². The first kappa shape index (κ1) is 21.3. The quantitative estimate of drug-likeness (QED) is 0.474. The minimum Gasteiger partial charge on any atom is -0.461 e. The van der Waals surface area contributed by atoms with E-state index < -0.39 is 0 Å². The monoisotopic (exact) mass is 461 g/mol. The van der Waals surface area contributed by atoms with Gasteiger partial charge in [-0.15, -0.1) is 0 Å². The van der Waals surface area contributed by atoms with Crippen LogP contribution in [0.15, 0.2) is 30.5 Å². The molecule has 3 aromatic rings. The van der Waals surface area contributed by atoms with E-state index in [1.165, 1.54) is 19.3 Å². The maximum absolute atomic E-state index is 11.6. The van der Waals surface area contributed by atoms with Crippen molar-refractivity contribution < 1.29 is 9.53 Å². The normalized spacial score (nSPS) is 27.0. The molecule has 0 amide bonds. The van der Waals surface area contributed by atoms with Gasteiger partial charge in [-0.2, -0.15) is 5.10 Å². The fourth-order valence-corrected chi connectivity index (χ4v) is 5.90. The Bertz CT molecular complexity index is 1180. The molecule has 4 atom stereocenters. The van der Waals surface area contributed by atoms with Crippen LogP contribution in [-0.2, 0) is 9.53 Å². The molecule has 2 bridgehead atoms. The van der Waals surface area contributed by atoms with E-state index in [2.05, 4.69) is 36.8 Å². The van der Waals surface area contributed by atoms with Gasteiger partial charge in [-0.3, -0.25) is 19.8 Å². The number of hydrogen-bond donors (Lipinski definition) is 3. The summed E-state index contributed by atoms with van der Waals surface area (Å²) in [4.78, 5) is 23.7. The summed E-state index contributed by atoms with van der Waals surface area (Å²) in [5.41, 5.74) is 1.89. The number of carbonyl (C=O) groups excluding carboxylic acids is 1. The van der Waals surface area contributed by atoms with Crippen LogP contribution in [0.2, 0.25) is 0 Å². The Balaban J connectivity index is 1.21. The van der Waals surface area contributed by atoms with Crippen LogP contribution in [0.5, 0.6) is 0 Å². The van der Waals surface area contributed by atoms with E-state index in [4.69, 9.17) is 9.72 Å². The Morgan fingerprint density at radius 2 is 2.03 bits per heavy atom. The fraction of sp³-hybridized carbons (Fsp3) is 0.520. The maximum atomic E-state index is 11.6. The molecule has 0 radical (unpaired) electrons. The summed E-state index contributed by atoms with van der Waals surface area (Å²) < 4.78 is 5.54. The standard InChI is InChI=1S/C25H31N7O2/c1-15-10-23(31-30-15)28-22-13-21-20(6-3-9-26-21)25(29-22)27-16-11-17-4-2-5-18(12-16)32(17)14-19-7-8-24(33)34-19/h3,6,9-10,13,16-19H,2,4-5,7-8,11-12,14H2,1H3,(H3,27,28,29,30,31)/t16?,17-,18+,19?. The molecule has 3 N–H and O–H groups in total. The molecule has 3 saturated heterocycles. The molecule has 2 unspecified atom stereocenters. The van der Waals surface area contributed by atoms with E-state index in [-0.39, 0.29) is 12.1 Å². The average molecular weight is 462 g/mol. The zero-order valence-corrected chi connectivity index (χ0v) is 19.5. The van der Waals surface area contributed by atoms with Gasteiger partial charge in [0, 0.05) is 60.5 Å². The molecule has 34 heavy (non-hydrogen) atoms. The molecular weight excluding hydrogens is 430 g/mol. The third-order valence-corrected chi connectivity index (χ3v) is 7.41. The highest BCUT2D eigenvalue weighted by atomic mass is 16.5. The molecule has 3 fully saturated rings. The smallest absolute Gasteiger partial charge is 0.306 e. The first-order valence-electron chi connectivity index (χ1n) is 12.4. The number of carbonyl (C=O) groups is 1. The maximum Gasteiger partial charge on any atom is 0.306 e. The minimum atomic E-state index is -0.0447. The number of aromatic nitrogens is 4. The number of ether oxygens (including phenoxy) is 1. The van der Waals surface area contributed by atoms with Gasteiger partial charge in [0.15, 0.2) is 5.82 Å². The molecule has 0 saturated carbocycles. The molecule has 3 aromatic heterocycles. The number of cyclic esters (lactones) is 1. The van der Waals surface area contributed by atoms with Crippen LogP contribution in [0.1, 0.15) is 50.6 Å². The summed E-state index contributed by atoms with van der Waals surface area (Å²) in [7, 11) is 0. The number of esters is 1. The lowest BCUT2D eigenvalue weighted by molar-refractivity contribution is -0.143. The number of piperidine rings is 2. The Morgan fingerprint density at radius 1 is 1.18 bits per heavy atom. The predicted octanol–water partition coefficient (Wildman–Crippen LogP) is 3.91. The number of nitrogens with zero attached hydrogens (tertiary/aromatic N) is 4. The molecule has 6 heterocycles. The van der Waals surface area contributed by atoms with Crippen LogP contribution in [0, 0.1) is 6.92 Å². The molecule has 9 heteroatoms. The second kappa shape index (κ2) is 8.87. The predicted molar refractivity (Wildman–Crippen MR) is 130 cm³/mol. The Morgan fingerprint density at radius 3 is 2.76 bits per heavy atom. The first-order valence-corrected chi connectivity index (χ1v) is 12.4. The van der Waals surface area contributed by atoms with Gasteiger partial charge < -0.3 is 15.4 Å². The van der Waals surface area contributed by atoms with Crippen molar-refractivity contribution in [2.75, 3.05) is 17.2 Å². The van der Waals surface area contributed by atoms with Gasteiger partial charge in [-0.25, -0.2) is 4.98 Å². The number of pyridine rings is 2. The fourth-order valence-electron chi connectivity index (χ4n) is 5.90. The zero-order chi connectivity index (χ0) is 23.1. The first-order chi connectivity index (χ1) is 16.6. The van der Waals surface area contributed by atoms with Gasteiger partial charge in [0.1, 0.15) is 17.7 Å². The molecule has 0 aromatic carbocycles. The van der Waals surface area contributed by atoms with E-state index in [9.17, 15) is 4.79 Å². The second-order valence-electron chi connectivity index (χ2n) is 9.89. The lowest BCUT2D eigenvalue weighted by atomic mass is 9.81. The van der Waals surface area contributed by atoms with E-state index in [1.54, 1.807) is 0 Å². The number of fused-ring (bicyclic) bond motifs is 3. The number of H-pyrrole nitrogens is 1. The summed E-state index contributed by atoms with van der Waals surface area (Å²) in [5, 5.41) is 15.3. The van der Waals surface area contributed by atoms with Crippen LogP contribution in [0.4, 0.5) is 17.5 Å². The average Bonchev–Trinajstić information content (AvgIpc) is 3.41. The van der Waals surface area contributed by atoms with E-state index in [1.807, 2.05) is 31.3 Å². The topological polar surface area (TPSA) is 108 Å². The van der Waals surface area contributed by atoms with Crippen molar-refractivity contribution in [3.05, 3.63) is 36.2 Å². The van der Waals surface area contributed by atoms with Crippen molar-refractivity contribution in [2.24, 2.45) is 0 Å². The Kier molecular flexibility index (Phi) is 5.57. The van der Waals surface area contributed by atoms with E-state index in [0.717, 1.165) is 59.9 Å². The van der Waals surface area contributed by atoms with Crippen LogP contribution in [0.25, 0.3) is 10.9 Å². The summed E-state index contributed by atoms with van der Waals surface area (Å²) >= 11 is 0. The van der Waals surface area contributed by atoms with Crippen molar-refractivity contribution in [3.8, 4) is 0 Å². The van der Waals surface area contributed by atoms with Crippen LogP contribution < -0.4 is 10.6 Å². The molecule has 0 spiro atoms. The van der Waals surface area contributed by atoms with Gasteiger partial charge in [0.25, 0.3) is 0 Å². The van der Waals surface area contributed by atoms with E-state index >= 15 is 0 Å². The van der Waals surface area contributed by atoms with Gasteiger partial charge >= 0.3 is 5.97 Å². The van der Waals surface area contributed by atoms with Crippen LogP contribution in [0.3, 0.4) is 0 Å². The number of nitrogens with one attached hydrogen (secondary N) is 3. The van der Waals surface area contributed by atoms with Crippen LogP contribution >= 0.6 is 0 Å². The molecule has 9 nitrogen and oxygen atoms in total. The number of aryl methyl sites for hydroxylation is 1. The Hall–Kier alpha value is -3.20. The SMILES string of the molecule is Cc1cc(Nc2cc3ncccc3c(NC3C[C@H]4CCC[C@@H](C3)N4CC3CCC(=O)O3)n2)n[nH]1. The highest BCUT2D eigenvalue weighted by molar-refractivity contribution is 5.91. The Labute approximate surface area is 198 Å². The van der Waals surface area contributed by atoms with Crippen molar-refractivity contribution in [1.29, 1.82) is 0 Å². The third kappa shape index (κ3) is 4.32. The number of hydrogen-bond acceptors (Lipinski definition) is 8. The number of rotatable bonds is 6. The molecular formula is C25H31N7O2. The largest absolute Gasteiger partial charge is 0.461 e. The highest BCUT2D eigenvalue weighted by Gasteiger charge is 2.40. The number of anilines is 3. The highest BCUT2D eigenvalue weighted by Crippen LogP contribution is 2.37. The second-order valence-corrected chi connectivity index (χ2v) is 9.89. The van der Waals surface area contributed by atoms with Crippen molar-refractivity contribution >= 4 is 34.3 Å². The molecule has 6 rings (SSSR count). The lowest BCUT2D eigenvalue weighted by Gasteiger charge is -2.49. The summed E-state index contributed by atoms with van der Waals surface area (Å²) in [5.74, 6) is 2.28. The molecule has 178 valence electrons. The van der Waals surface area contributed by atoms with Crippen LogP contribution in [-0.4, -0.2) is 61.8 Å². The zero-order valence-electron chi connectivity index (χ0n) is 19.5. The number of aromatic amines is 1. The summed E-state index contributed by atoms with van der Waals surface area (Å²) in [6, 6.07) is 9.32. The molecule has 3 aliphatic heterocycles.